The van der Waals surface area contributed by atoms with Crippen LogP contribution < -0.4 is 0 Å². The summed E-state index contributed by atoms with van der Waals surface area (Å²) in [7, 11) is 0. The van der Waals surface area contributed by atoms with Crippen molar-refractivity contribution in [1.29, 1.82) is 0 Å². The molecule has 0 amide bonds. The first-order valence-electron chi connectivity index (χ1n) is 25.5. The molecule has 12 aromatic carbocycles. The van der Waals surface area contributed by atoms with Crippen LogP contribution in [-0.2, 0) is 0 Å². The van der Waals surface area contributed by atoms with Crippen LogP contribution in [0.15, 0.2) is 253 Å². The first-order valence-corrected chi connectivity index (χ1v) is 25.5. The van der Waals surface area contributed by atoms with Crippen LogP contribution in [0, 0.1) is 0 Å². The number of para-hydroxylation sites is 5. The average molecular weight is 940 g/mol. The second-order valence-electron chi connectivity index (χ2n) is 20.0. The number of nitrogens with zero attached hydrogens (tertiary/aromatic N) is 3. The number of benzene rings is 12. The van der Waals surface area contributed by atoms with Crippen molar-refractivity contribution in [2.45, 2.75) is 0 Å². The topological polar surface area (TPSA) is 27.9 Å². The Labute approximate surface area is 424 Å². The maximum Gasteiger partial charge on any atom is 0.159 e. The van der Waals surface area contributed by atoms with Gasteiger partial charge in [-0.25, -0.2) is 0 Å². The number of aromatic nitrogens is 3. The average Bonchev–Trinajstić information content (AvgIpc) is 4.30. The zero-order chi connectivity index (χ0) is 48.2. The molecule has 17 rings (SSSR count). The molecule has 1 aliphatic carbocycles. The molecule has 0 saturated carbocycles. The molecule has 4 heterocycles. The molecule has 0 bridgehead atoms. The van der Waals surface area contributed by atoms with Gasteiger partial charge in [0.2, 0.25) is 0 Å². The molecule has 0 spiro atoms. The summed E-state index contributed by atoms with van der Waals surface area (Å²) in [5.41, 5.74) is 22.1. The molecule has 342 valence electrons. The van der Waals surface area contributed by atoms with Crippen molar-refractivity contribution in [3.8, 4) is 61.6 Å². The number of furan rings is 1. The lowest BCUT2D eigenvalue weighted by atomic mass is 9.98. The predicted octanol–water partition coefficient (Wildman–Crippen LogP) is 19.0. The maximum absolute atomic E-state index is 6.63. The molecule has 74 heavy (non-hydrogen) atoms. The van der Waals surface area contributed by atoms with Gasteiger partial charge in [-0.2, -0.15) is 0 Å². The van der Waals surface area contributed by atoms with Crippen molar-refractivity contribution >= 4 is 98.1 Å². The van der Waals surface area contributed by atoms with Crippen molar-refractivity contribution in [2.75, 3.05) is 0 Å². The number of hydrogen-bond donors (Lipinski definition) is 0. The molecule has 4 heteroatoms. The Bertz CT molecular complexity index is 5050. The summed E-state index contributed by atoms with van der Waals surface area (Å²) < 4.78 is 13.9. The Morgan fingerprint density at radius 2 is 0.676 bits per heavy atom. The number of fused-ring (bicyclic) bond motifs is 15. The highest BCUT2D eigenvalue weighted by Gasteiger charge is 2.25. The zero-order valence-electron chi connectivity index (χ0n) is 39.9. The van der Waals surface area contributed by atoms with E-state index >= 15 is 0 Å². The van der Waals surface area contributed by atoms with Crippen LogP contribution in [0.1, 0.15) is 0 Å². The Balaban J connectivity index is 0.881. The summed E-state index contributed by atoms with van der Waals surface area (Å²) in [5, 5.41) is 12.2. The van der Waals surface area contributed by atoms with E-state index in [-0.39, 0.29) is 0 Å². The lowest BCUT2D eigenvalue weighted by molar-refractivity contribution is 0.666. The molecule has 4 aromatic heterocycles. The Morgan fingerprint density at radius 1 is 0.243 bits per heavy atom. The van der Waals surface area contributed by atoms with Crippen molar-refractivity contribution in [1.82, 2.24) is 13.7 Å². The molecule has 0 aliphatic heterocycles. The molecular weight excluding hydrogens is 899 g/mol. The number of rotatable bonds is 5. The largest absolute Gasteiger partial charge is 0.454 e. The minimum atomic E-state index is 0.894. The van der Waals surface area contributed by atoms with Gasteiger partial charge in [-0.3, -0.25) is 0 Å². The standard InChI is InChI=1S/C70H41N3O/c1-2-14-46(15-3-1)71-60-24-9-6-18-49(60)56-38-42(28-33-63(56)71)44-30-35-65-58(40-44)59-41-45(31-36-66(59)72(65)62-37-32-53-48-17-5-4-16-47(48)52-21-12-23-55(62)69(52)53)43-29-34-64-57(39-43)50-19-7-10-25-61(50)73(64)67-26-13-22-54-51-20-8-11-27-68(51)74-70(54)67/h1-41H. The fraction of sp³-hybridized carbons (Fsp3) is 0. The third-order valence-electron chi connectivity index (χ3n) is 16.2. The third-order valence-corrected chi connectivity index (χ3v) is 16.2. The molecule has 1 aliphatic rings. The normalized spacial score (nSPS) is 12.3. The number of hydrogen-bond acceptors (Lipinski definition) is 1. The van der Waals surface area contributed by atoms with Gasteiger partial charge < -0.3 is 18.1 Å². The van der Waals surface area contributed by atoms with Crippen LogP contribution in [0.3, 0.4) is 0 Å². The van der Waals surface area contributed by atoms with E-state index in [1.165, 1.54) is 115 Å². The van der Waals surface area contributed by atoms with Gasteiger partial charge in [0.25, 0.3) is 0 Å². The van der Waals surface area contributed by atoms with Gasteiger partial charge >= 0.3 is 0 Å². The highest BCUT2D eigenvalue weighted by molar-refractivity contribution is 6.20. The predicted molar refractivity (Wildman–Crippen MR) is 310 cm³/mol. The summed E-state index contributed by atoms with van der Waals surface area (Å²) >= 11 is 0. The molecule has 0 N–H and O–H groups in total. The highest BCUT2D eigenvalue weighted by atomic mass is 16.3. The van der Waals surface area contributed by atoms with Gasteiger partial charge in [-0.05, 0) is 141 Å². The third kappa shape index (κ3) is 5.41. The SMILES string of the molecule is c1ccc(-n2c3ccccc3c3cc(-c4ccc5c(c4)c4cc(-c6ccc7c(c6)c6ccccc6n7-c6cccc7c6oc6ccccc67)ccc4n5-c4ccc5c6c(cccc46)-c4ccccc4-5)ccc32)cc1. The van der Waals surface area contributed by atoms with Gasteiger partial charge in [0, 0.05) is 54.2 Å². The van der Waals surface area contributed by atoms with Gasteiger partial charge in [0.05, 0.1) is 44.5 Å². The second kappa shape index (κ2) is 14.8. The lowest BCUT2D eigenvalue weighted by Gasteiger charge is -2.14. The zero-order valence-corrected chi connectivity index (χ0v) is 39.9. The van der Waals surface area contributed by atoms with Crippen LogP contribution in [0.4, 0.5) is 0 Å². The van der Waals surface area contributed by atoms with Gasteiger partial charge in [-0.1, -0.05) is 158 Å². The molecule has 4 nitrogen and oxygen atoms in total. The molecule has 0 saturated heterocycles. The molecular formula is C70H41N3O. The minimum Gasteiger partial charge on any atom is -0.454 e. The maximum atomic E-state index is 6.63. The minimum absolute atomic E-state index is 0.894. The van der Waals surface area contributed by atoms with E-state index in [2.05, 4.69) is 256 Å². The lowest BCUT2D eigenvalue weighted by Crippen LogP contribution is -1.96. The van der Waals surface area contributed by atoms with Crippen molar-refractivity contribution in [3.63, 3.8) is 0 Å². The van der Waals surface area contributed by atoms with Crippen LogP contribution in [0.25, 0.3) is 160 Å². The summed E-state index contributed by atoms with van der Waals surface area (Å²) in [6.07, 6.45) is 0. The second-order valence-corrected chi connectivity index (χ2v) is 20.0. The Hall–Kier alpha value is -9.90. The van der Waals surface area contributed by atoms with Crippen molar-refractivity contribution < 1.29 is 4.42 Å². The van der Waals surface area contributed by atoms with E-state index in [4.69, 9.17) is 4.42 Å². The van der Waals surface area contributed by atoms with Crippen LogP contribution in [0.2, 0.25) is 0 Å². The molecule has 0 radical (unpaired) electrons. The summed E-state index contributed by atoms with van der Waals surface area (Å²) in [6, 6.07) is 91.6. The van der Waals surface area contributed by atoms with E-state index < -0.39 is 0 Å². The monoisotopic (exact) mass is 939 g/mol. The summed E-state index contributed by atoms with van der Waals surface area (Å²) in [5.74, 6) is 0. The fourth-order valence-corrected chi connectivity index (χ4v) is 13.0. The van der Waals surface area contributed by atoms with Crippen molar-refractivity contribution in [2.24, 2.45) is 0 Å². The Morgan fingerprint density at radius 3 is 1.31 bits per heavy atom. The van der Waals surface area contributed by atoms with Crippen LogP contribution in [-0.4, -0.2) is 13.7 Å². The smallest absolute Gasteiger partial charge is 0.159 e. The Kier molecular flexibility index (Phi) is 7.97. The summed E-state index contributed by atoms with van der Waals surface area (Å²) in [4.78, 5) is 0. The first-order chi connectivity index (χ1) is 36.7. The van der Waals surface area contributed by atoms with Gasteiger partial charge in [-0.15, -0.1) is 0 Å². The van der Waals surface area contributed by atoms with E-state index in [0.29, 0.717) is 0 Å². The molecule has 0 atom stereocenters. The first kappa shape index (κ1) is 39.8. The van der Waals surface area contributed by atoms with E-state index in [1.54, 1.807) is 0 Å². The highest BCUT2D eigenvalue weighted by Crippen LogP contribution is 2.50. The molecule has 0 unspecified atom stereocenters. The molecule has 0 fully saturated rings. The van der Waals surface area contributed by atoms with Crippen LogP contribution in [0.5, 0.6) is 0 Å². The van der Waals surface area contributed by atoms with Crippen LogP contribution >= 0.6 is 0 Å². The van der Waals surface area contributed by atoms with E-state index in [0.717, 1.165) is 44.3 Å². The van der Waals surface area contributed by atoms with Gasteiger partial charge in [0.15, 0.2) is 5.58 Å². The fourth-order valence-electron chi connectivity index (χ4n) is 13.0. The quantitative estimate of drug-likeness (QED) is 0.169. The summed E-state index contributed by atoms with van der Waals surface area (Å²) in [6.45, 7) is 0. The van der Waals surface area contributed by atoms with E-state index in [1.807, 2.05) is 6.07 Å². The van der Waals surface area contributed by atoms with E-state index in [9.17, 15) is 0 Å². The molecule has 16 aromatic rings. The van der Waals surface area contributed by atoms with Crippen molar-refractivity contribution in [3.05, 3.63) is 249 Å². The van der Waals surface area contributed by atoms with Gasteiger partial charge in [0.1, 0.15) is 5.58 Å².